The quantitative estimate of drug-likeness (QED) is 0.596. The molecule has 0 saturated heterocycles. The Morgan fingerprint density at radius 2 is 1.93 bits per heavy atom. The van der Waals surface area contributed by atoms with Crippen LogP contribution in [-0.4, -0.2) is 19.8 Å². The Morgan fingerprint density at radius 1 is 1.00 bits per heavy atom. The lowest BCUT2D eigenvalue weighted by atomic mass is 10.2. The molecule has 4 heteroatoms. The molecule has 72 valence electrons. The normalized spacial score (nSPS) is 10.7. The number of nitrogens with zero attached hydrogens (tertiary/aromatic N) is 4. The molecular formula is C11H8N4. The third-order valence-corrected chi connectivity index (χ3v) is 2.23. The Hall–Kier alpha value is -2.23. The summed E-state index contributed by atoms with van der Waals surface area (Å²) in [5.41, 5.74) is 2.63. The van der Waals surface area contributed by atoms with Gasteiger partial charge in [0, 0.05) is 12.4 Å². The second-order valence-electron chi connectivity index (χ2n) is 3.18. The fourth-order valence-corrected chi connectivity index (χ4v) is 1.53. The summed E-state index contributed by atoms with van der Waals surface area (Å²) in [7, 11) is 0. The molecule has 0 N–H and O–H groups in total. The molecule has 0 aliphatic heterocycles. The summed E-state index contributed by atoms with van der Waals surface area (Å²) in [6.45, 7) is 0. The Bertz CT molecular complexity index is 586. The van der Waals surface area contributed by atoms with E-state index >= 15 is 0 Å². The monoisotopic (exact) mass is 196 g/mol. The van der Waals surface area contributed by atoms with Gasteiger partial charge in [-0.25, -0.2) is 4.52 Å². The van der Waals surface area contributed by atoms with E-state index in [1.165, 1.54) is 0 Å². The van der Waals surface area contributed by atoms with Crippen molar-refractivity contribution in [1.29, 1.82) is 0 Å². The maximum atomic E-state index is 4.26. The van der Waals surface area contributed by atoms with Gasteiger partial charge < -0.3 is 0 Å². The van der Waals surface area contributed by atoms with Crippen molar-refractivity contribution in [2.24, 2.45) is 0 Å². The highest BCUT2D eigenvalue weighted by Crippen LogP contribution is 2.18. The van der Waals surface area contributed by atoms with Crippen LogP contribution in [0.2, 0.25) is 0 Å². The lowest BCUT2D eigenvalue weighted by Gasteiger charge is -1.94. The van der Waals surface area contributed by atoms with Crippen LogP contribution in [0.4, 0.5) is 0 Å². The second-order valence-corrected chi connectivity index (χ2v) is 3.18. The molecule has 0 aliphatic carbocycles. The first-order chi connectivity index (χ1) is 7.45. The summed E-state index contributed by atoms with van der Waals surface area (Å²) in [6, 6.07) is 11.6. The molecule has 4 nitrogen and oxygen atoms in total. The molecule has 3 aromatic heterocycles. The fraction of sp³-hybridized carbons (Fsp3) is 0. The first kappa shape index (κ1) is 8.11. The van der Waals surface area contributed by atoms with Crippen molar-refractivity contribution in [3.63, 3.8) is 0 Å². The highest BCUT2D eigenvalue weighted by molar-refractivity contribution is 5.73. The Labute approximate surface area is 86.2 Å². The largest absolute Gasteiger partial charge is 0.254 e. The maximum Gasteiger partial charge on any atom is 0.139 e. The zero-order chi connectivity index (χ0) is 10.1. The van der Waals surface area contributed by atoms with Crippen molar-refractivity contribution in [3.8, 4) is 11.4 Å². The number of rotatable bonds is 1. The van der Waals surface area contributed by atoms with E-state index in [1.54, 1.807) is 10.7 Å². The lowest BCUT2D eigenvalue weighted by molar-refractivity contribution is 0.856. The Kier molecular flexibility index (Phi) is 1.71. The lowest BCUT2D eigenvalue weighted by Crippen LogP contribution is -1.84. The second kappa shape index (κ2) is 3.16. The van der Waals surface area contributed by atoms with Crippen LogP contribution >= 0.6 is 0 Å². The van der Waals surface area contributed by atoms with E-state index in [2.05, 4.69) is 15.3 Å². The van der Waals surface area contributed by atoms with Crippen LogP contribution in [0, 0.1) is 0 Å². The SMILES string of the molecule is c1ccc(-c2nnn3ccccc23)nc1. The van der Waals surface area contributed by atoms with E-state index in [0.29, 0.717) is 0 Å². The minimum absolute atomic E-state index is 0.816. The van der Waals surface area contributed by atoms with Gasteiger partial charge in [-0.05, 0) is 24.3 Å². The van der Waals surface area contributed by atoms with E-state index < -0.39 is 0 Å². The van der Waals surface area contributed by atoms with Crippen molar-refractivity contribution in [2.75, 3.05) is 0 Å². The molecule has 0 fully saturated rings. The van der Waals surface area contributed by atoms with Gasteiger partial charge in [-0.15, -0.1) is 5.10 Å². The van der Waals surface area contributed by atoms with Crippen LogP contribution in [0.25, 0.3) is 16.9 Å². The average molecular weight is 196 g/mol. The minimum Gasteiger partial charge on any atom is -0.254 e. The number of hydrogen-bond acceptors (Lipinski definition) is 3. The minimum atomic E-state index is 0.816. The van der Waals surface area contributed by atoms with Crippen molar-refractivity contribution < 1.29 is 0 Å². The molecule has 0 atom stereocenters. The van der Waals surface area contributed by atoms with Gasteiger partial charge in [0.1, 0.15) is 5.69 Å². The summed E-state index contributed by atoms with van der Waals surface area (Å²) in [5, 5.41) is 8.14. The molecule has 0 unspecified atom stereocenters. The highest BCUT2D eigenvalue weighted by atomic mass is 15.4. The maximum absolute atomic E-state index is 4.26. The number of fused-ring (bicyclic) bond motifs is 1. The van der Waals surface area contributed by atoms with Gasteiger partial charge in [0.25, 0.3) is 0 Å². The average Bonchev–Trinajstić information content (AvgIpc) is 2.74. The first-order valence-electron chi connectivity index (χ1n) is 4.66. The van der Waals surface area contributed by atoms with Crippen molar-refractivity contribution in [1.82, 2.24) is 19.8 Å². The molecule has 3 rings (SSSR count). The predicted molar refractivity (Wildman–Crippen MR) is 56.2 cm³/mol. The van der Waals surface area contributed by atoms with Gasteiger partial charge in [-0.2, -0.15) is 0 Å². The van der Waals surface area contributed by atoms with Crippen LogP contribution in [0.15, 0.2) is 48.8 Å². The van der Waals surface area contributed by atoms with Crippen LogP contribution < -0.4 is 0 Å². The van der Waals surface area contributed by atoms with Crippen molar-refractivity contribution >= 4 is 5.52 Å². The molecule has 0 bridgehead atoms. The third-order valence-electron chi connectivity index (χ3n) is 2.23. The van der Waals surface area contributed by atoms with Gasteiger partial charge in [0.05, 0.1) is 11.2 Å². The van der Waals surface area contributed by atoms with Gasteiger partial charge in [0.2, 0.25) is 0 Å². The van der Waals surface area contributed by atoms with Gasteiger partial charge in [-0.1, -0.05) is 17.3 Å². The molecule has 0 spiro atoms. The zero-order valence-electron chi connectivity index (χ0n) is 7.91. The molecular weight excluding hydrogens is 188 g/mol. The standard InChI is InChI=1S/C11H8N4/c1-3-7-12-9(5-1)11-10-6-2-4-8-15(10)14-13-11/h1-8H. The molecule has 0 radical (unpaired) electrons. The van der Waals surface area contributed by atoms with Crippen LogP contribution in [0.5, 0.6) is 0 Å². The summed E-state index contributed by atoms with van der Waals surface area (Å²) >= 11 is 0. The summed E-state index contributed by atoms with van der Waals surface area (Å²) < 4.78 is 1.74. The van der Waals surface area contributed by atoms with Gasteiger partial charge >= 0.3 is 0 Å². The molecule has 0 saturated carbocycles. The van der Waals surface area contributed by atoms with Crippen molar-refractivity contribution in [3.05, 3.63) is 48.8 Å². The molecule has 15 heavy (non-hydrogen) atoms. The van der Waals surface area contributed by atoms with Crippen LogP contribution in [0.1, 0.15) is 0 Å². The van der Waals surface area contributed by atoms with E-state index in [-0.39, 0.29) is 0 Å². The van der Waals surface area contributed by atoms with Gasteiger partial charge in [-0.3, -0.25) is 4.98 Å². The number of hydrogen-bond donors (Lipinski definition) is 0. The molecule has 3 heterocycles. The topological polar surface area (TPSA) is 43.1 Å². The predicted octanol–water partition coefficient (Wildman–Crippen LogP) is 1.79. The van der Waals surface area contributed by atoms with E-state index in [1.807, 2.05) is 42.6 Å². The Balaban J connectivity index is 2.28. The first-order valence-corrected chi connectivity index (χ1v) is 4.66. The van der Waals surface area contributed by atoms with Crippen LogP contribution in [-0.2, 0) is 0 Å². The smallest absolute Gasteiger partial charge is 0.139 e. The van der Waals surface area contributed by atoms with Crippen LogP contribution in [0.3, 0.4) is 0 Å². The summed E-state index contributed by atoms with van der Waals surface area (Å²) in [5.74, 6) is 0. The zero-order valence-corrected chi connectivity index (χ0v) is 7.91. The highest BCUT2D eigenvalue weighted by Gasteiger charge is 2.07. The van der Waals surface area contributed by atoms with E-state index in [9.17, 15) is 0 Å². The fourth-order valence-electron chi connectivity index (χ4n) is 1.53. The summed E-state index contributed by atoms with van der Waals surface area (Å²) in [6.07, 6.45) is 3.62. The van der Waals surface area contributed by atoms with Gasteiger partial charge in [0.15, 0.2) is 0 Å². The molecule has 0 aliphatic rings. The molecule has 3 aromatic rings. The third kappa shape index (κ3) is 1.27. The molecule has 0 aromatic carbocycles. The van der Waals surface area contributed by atoms with E-state index in [4.69, 9.17) is 0 Å². The molecule has 0 amide bonds. The van der Waals surface area contributed by atoms with Crippen molar-refractivity contribution in [2.45, 2.75) is 0 Å². The number of pyridine rings is 2. The number of aromatic nitrogens is 4. The Morgan fingerprint density at radius 3 is 2.80 bits per heavy atom. The van der Waals surface area contributed by atoms with E-state index in [0.717, 1.165) is 16.9 Å². The summed E-state index contributed by atoms with van der Waals surface area (Å²) in [4.78, 5) is 4.26.